The van der Waals surface area contributed by atoms with Gasteiger partial charge in [-0.25, -0.2) is 14.8 Å². The molecule has 0 radical (unpaired) electrons. The van der Waals surface area contributed by atoms with Crippen LogP contribution in [0.15, 0.2) is 23.2 Å². The average molecular weight is 242 g/mol. The molecule has 0 aliphatic rings. The lowest BCUT2D eigenvalue weighted by Gasteiger charge is -1.95. The van der Waals surface area contributed by atoms with E-state index in [1.54, 1.807) is 6.20 Å². The zero-order valence-corrected chi connectivity index (χ0v) is 7.89. The molecular formula is C7H4BrN3O2. The molecule has 0 unspecified atom stereocenters. The highest BCUT2D eigenvalue weighted by Crippen LogP contribution is 2.15. The third kappa shape index (κ3) is 1.19. The van der Waals surface area contributed by atoms with Crippen LogP contribution in [0.4, 0.5) is 0 Å². The van der Waals surface area contributed by atoms with Gasteiger partial charge in [0.25, 0.3) is 0 Å². The van der Waals surface area contributed by atoms with Crippen LogP contribution in [-0.2, 0) is 0 Å². The van der Waals surface area contributed by atoms with Crippen molar-refractivity contribution in [2.24, 2.45) is 0 Å². The number of fused-ring (bicyclic) bond motifs is 1. The lowest BCUT2D eigenvalue weighted by atomic mass is 10.5. The lowest BCUT2D eigenvalue weighted by Crippen LogP contribution is -2.01. The van der Waals surface area contributed by atoms with E-state index >= 15 is 0 Å². The summed E-state index contributed by atoms with van der Waals surface area (Å²) in [7, 11) is 0. The fraction of sp³-hybridized carbons (Fsp3) is 0. The number of aromatic nitrogens is 3. The van der Waals surface area contributed by atoms with Gasteiger partial charge in [-0.3, -0.25) is 4.40 Å². The first-order valence-corrected chi connectivity index (χ1v) is 4.19. The summed E-state index contributed by atoms with van der Waals surface area (Å²) in [4.78, 5) is 18.5. The molecule has 2 heterocycles. The van der Waals surface area contributed by atoms with E-state index in [2.05, 4.69) is 25.9 Å². The minimum atomic E-state index is -1.02. The molecule has 5 nitrogen and oxygen atoms in total. The van der Waals surface area contributed by atoms with E-state index in [9.17, 15) is 4.79 Å². The Labute approximate surface area is 81.2 Å². The van der Waals surface area contributed by atoms with Crippen molar-refractivity contribution in [1.29, 1.82) is 0 Å². The summed E-state index contributed by atoms with van der Waals surface area (Å²) in [6, 6.07) is 0. The Hall–Kier alpha value is -1.43. The molecule has 0 aliphatic carbocycles. The van der Waals surface area contributed by atoms with Crippen molar-refractivity contribution in [3.8, 4) is 0 Å². The number of aromatic carboxylic acids is 1. The molecule has 1 N–H and O–H groups in total. The van der Waals surface area contributed by atoms with Crippen LogP contribution >= 0.6 is 15.9 Å². The Bertz CT molecular complexity index is 480. The third-order valence-corrected chi connectivity index (χ3v) is 2.16. The number of halogens is 1. The summed E-state index contributed by atoms with van der Waals surface area (Å²) in [6.45, 7) is 0. The number of hydrogen-bond acceptors (Lipinski definition) is 3. The summed E-state index contributed by atoms with van der Waals surface area (Å²) < 4.78 is 2.08. The molecule has 0 spiro atoms. The Morgan fingerprint density at radius 1 is 1.54 bits per heavy atom. The first kappa shape index (κ1) is 8.18. The van der Waals surface area contributed by atoms with Crippen molar-refractivity contribution in [1.82, 2.24) is 14.4 Å². The van der Waals surface area contributed by atoms with Gasteiger partial charge in [-0.05, 0) is 15.9 Å². The zero-order valence-electron chi connectivity index (χ0n) is 6.31. The highest BCUT2D eigenvalue weighted by atomic mass is 79.9. The highest BCUT2D eigenvalue weighted by molar-refractivity contribution is 9.10. The van der Waals surface area contributed by atoms with Crippen LogP contribution in [0.3, 0.4) is 0 Å². The molecule has 0 aliphatic heterocycles. The molecule has 0 aromatic carbocycles. The molecule has 66 valence electrons. The van der Waals surface area contributed by atoms with Crippen molar-refractivity contribution in [3.05, 3.63) is 28.9 Å². The standard InChI is InChI=1S/C7H4BrN3O2/c8-4-1-9-3-11-5(7(12)13)2-10-6(4)11/h1-3H,(H,12,13). The monoisotopic (exact) mass is 241 g/mol. The van der Waals surface area contributed by atoms with E-state index in [4.69, 9.17) is 5.11 Å². The van der Waals surface area contributed by atoms with Crippen LogP contribution in [0.5, 0.6) is 0 Å². The summed E-state index contributed by atoms with van der Waals surface area (Å²) in [6.07, 6.45) is 4.27. The van der Waals surface area contributed by atoms with Crippen LogP contribution in [-0.4, -0.2) is 25.4 Å². The molecule has 0 amide bonds. The van der Waals surface area contributed by atoms with E-state index in [1.165, 1.54) is 16.9 Å². The van der Waals surface area contributed by atoms with Gasteiger partial charge in [-0.15, -0.1) is 0 Å². The van der Waals surface area contributed by atoms with Gasteiger partial charge in [0.15, 0.2) is 11.3 Å². The van der Waals surface area contributed by atoms with Crippen LogP contribution in [0.25, 0.3) is 5.65 Å². The van der Waals surface area contributed by atoms with Crippen molar-refractivity contribution in [2.45, 2.75) is 0 Å². The van der Waals surface area contributed by atoms with Gasteiger partial charge in [-0.1, -0.05) is 0 Å². The SMILES string of the molecule is O=C(O)c1cnc2c(Br)cncn12. The number of carboxylic acid groups (broad SMARTS) is 1. The maximum atomic E-state index is 10.7. The van der Waals surface area contributed by atoms with E-state index in [0.717, 1.165) is 0 Å². The van der Waals surface area contributed by atoms with E-state index < -0.39 is 5.97 Å². The quantitative estimate of drug-likeness (QED) is 0.815. The zero-order chi connectivity index (χ0) is 9.42. The molecule has 0 atom stereocenters. The number of rotatable bonds is 1. The largest absolute Gasteiger partial charge is 0.477 e. The Balaban J connectivity index is 2.83. The Morgan fingerprint density at radius 2 is 2.31 bits per heavy atom. The fourth-order valence-electron chi connectivity index (χ4n) is 1.04. The van der Waals surface area contributed by atoms with Crippen LogP contribution < -0.4 is 0 Å². The fourth-order valence-corrected chi connectivity index (χ4v) is 1.45. The molecule has 0 fully saturated rings. The second-order valence-electron chi connectivity index (χ2n) is 2.38. The Morgan fingerprint density at radius 3 is 3.00 bits per heavy atom. The summed E-state index contributed by atoms with van der Waals surface area (Å²) in [5.41, 5.74) is 0.649. The number of nitrogens with zero attached hydrogens (tertiary/aromatic N) is 3. The number of hydrogen-bond donors (Lipinski definition) is 1. The molecule has 2 aromatic rings. The number of imidazole rings is 1. The van der Waals surface area contributed by atoms with Gasteiger partial charge in [-0.2, -0.15) is 0 Å². The molecule has 13 heavy (non-hydrogen) atoms. The van der Waals surface area contributed by atoms with E-state index in [1.807, 2.05) is 0 Å². The van der Waals surface area contributed by atoms with Gasteiger partial charge < -0.3 is 5.11 Å². The van der Waals surface area contributed by atoms with Gasteiger partial charge in [0.05, 0.1) is 10.7 Å². The molecule has 2 aromatic heterocycles. The minimum Gasteiger partial charge on any atom is -0.477 e. The first-order valence-electron chi connectivity index (χ1n) is 3.40. The maximum Gasteiger partial charge on any atom is 0.354 e. The molecule has 0 saturated heterocycles. The summed E-state index contributed by atoms with van der Waals surface area (Å²) in [5.74, 6) is -1.02. The summed E-state index contributed by atoms with van der Waals surface area (Å²) >= 11 is 3.22. The topological polar surface area (TPSA) is 67.5 Å². The van der Waals surface area contributed by atoms with Gasteiger partial charge in [0.2, 0.25) is 0 Å². The van der Waals surface area contributed by atoms with Gasteiger partial charge in [0.1, 0.15) is 6.33 Å². The third-order valence-electron chi connectivity index (χ3n) is 1.60. The highest BCUT2D eigenvalue weighted by Gasteiger charge is 2.11. The molecule has 6 heteroatoms. The predicted molar refractivity (Wildman–Crippen MR) is 47.6 cm³/mol. The molecule has 0 bridgehead atoms. The Kier molecular flexibility index (Phi) is 1.77. The molecular weight excluding hydrogens is 238 g/mol. The maximum absolute atomic E-state index is 10.7. The van der Waals surface area contributed by atoms with E-state index in [0.29, 0.717) is 10.1 Å². The van der Waals surface area contributed by atoms with Crippen molar-refractivity contribution in [2.75, 3.05) is 0 Å². The van der Waals surface area contributed by atoms with Crippen molar-refractivity contribution >= 4 is 27.5 Å². The van der Waals surface area contributed by atoms with Crippen LogP contribution in [0.2, 0.25) is 0 Å². The van der Waals surface area contributed by atoms with Crippen molar-refractivity contribution < 1.29 is 9.90 Å². The lowest BCUT2D eigenvalue weighted by molar-refractivity contribution is 0.0689. The van der Waals surface area contributed by atoms with E-state index in [-0.39, 0.29) is 5.69 Å². The smallest absolute Gasteiger partial charge is 0.354 e. The minimum absolute atomic E-state index is 0.101. The summed E-state index contributed by atoms with van der Waals surface area (Å²) in [5, 5.41) is 8.76. The predicted octanol–water partition coefficient (Wildman–Crippen LogP) is 1.19. The second-order valence-corrected chi connectivity index (χ2v) is 3.24. The first-order chi connectivity index (χ1) is 6.20. The van der Waals surface area contributed by atoms with Crippen LogP contribution in [0, 0.1) is 0 Å². The van der Waals surface area contributed by atoms with Crippen molar-refractivity contribution in [3.63, 3.8) is 0 Å². The van der Waals surface area contributed by atoms with Gasteiger partial charge >= 0.3 is 5.97 Å². The molecule has 2 rings (SSSR count). The number of carbonyl (C=O) groups is 1. The average Bonchev–Trinajstić information content (AvgIpc) is 2.48. The van der Waals surface area contributed by atoms with Crippen LogP contribution in [0.1, 0.15) is 10.5 Å². The second kappa shape index (κ2) is 2.81. The normalized spacial score (nSPS) is 10.5. The molecule has 0 saturated carbocycles. The van der Waals surface area contributed by atoms with Gasteiger partial charge in [0, 0.05) is 6.20 Å². The number of carboxylic acids is 1.